The zero-order valence-corrected chi connectivity index (χ0v) is 19.5. The number of alkyl halides is 3. The Labute approximate surface area is 198 Å². The minimum absolute atomic E-state index is 0.0737. The summed E-state index contributed by atoms with van der Waals surface area (Å²) in [5.74, 6) is 1.30. The Hall–Kier alpha value is -2.64. The van der Waals surface area contributed by atoms with E-state index in [2.05, 4.69) is 16.9 Å². The summed E-state index contributed by atoms with van der Waals surface area (Å²) in [5, 5.41) is 3.19. The Morgan fingerprint density at radius 1 is 1.30 bits per heavy atom. The van der Waals surface area contributed by atoms with Crippen molar-refractivity contribution in [3.8, 4) is 11.5 Å². The molecule has 1 aromatic carbocycles. The first kappa shape index (κ1) is 25.0. The van der Waals surface area contributed by atoms with Gasteiger partial charge in [-0.15, -0.1) is 11.6 Å². The highest BCUT2D eigenvalue weighted by Gasteiger charge is 2.34. The van der Waals surface area contributed by atoms with Crippen LogP contribution in [0.3, 0.4) is 0 Å². The molecule has 0 spiro atoms. The molecule has 0 fully saturated rings. The van der Waals surface area contributed by atoms with E-state index in [-0.39, 0.29) is 23.7 Å². The number of methoxy groups -OCH3 is 1. The minimum atomic E-state index is -2.63. The van der Waals surface area contributed by atoms with E-state index in [0.717, 1.165) is 17.8 Å². The fourth-order valence-corrected chi connectivity index (χ4v) is 3.80. The SMILES string of the molecule is C=C(/C=C\C(Cl)CC)COc1cccc(C(OC)C2CNc3ncccc32)c1OCC(F)F. The second-order valence-corrected chi connectivity index (χ2v) is 8.25. The number of hydrogen-bond donors (Lipinski definition) is 1. The van der Waals surface area contributed by atoms with Crippen molar-refractivity contribution in [2.75, 3.05) is 32.2 Å². The normalized spacial score (nSPS) is 17.0. The highest BCUT2D eigenvalue weighted by atomic mass is 35.5. The summed E-state index contributed by atoms with van der Waals surface area (Å²) in [4.78, 5) is 4.36. The summed E-state index contributed by atoms with van der Waals surface area (Å²) in [6, 6.07) is 9.14. The van der Waals surface area contributed by atoms with E-state index in [9.17, 15) is 8.78 Å². The summed E-state index contributed by atoms with van der Waals surface area (Å²) in [6.07, 6.45) is 3.08. The van der Waals surface area contributed by atoms with Crippen molar-refractivity contribution in [2.45, 2.75) is 37.2 Å². The maximum atomic E-state index is 13.0. The van der Waals surface area contributed by atoms with Crippen LogP contribution in [0.15, 0.2) is 60.8 Å². The zero-order valence-electron chi connectivity index (χ0n) is 18.8. The third kappa shape index (κ3) is 6.45. The lowest BCUT2D eigenvalue weighted by atomic mass is 9.90. The van der Waals surface area contributed by atoms with E-state index >= 15 is 0 Å². The summed E-state index contributed by atoms with van der Waals surface area (Å²) in [6.45, 7) is 5.96. The van der Waals surface area contributed by atoms with E-state index in [0.29, 0.717) is 23.4 Å². The molecule has 0 aliphatic carbocycles. The highest BCUT2D eigenvalue weighted by molar-refractivity contribution is 6.21. The van der Waals surface area contributed by atoms with Crippen LogP contribution < -0.4 is 14.8 Å². The molecule has 1 aliphatic heterocycles. The van der Waals surface area contributed by atoms with Crippen LogP contribution >= 0.6 is 11.6 Å². The van der Waals surface area contributed by atoms with E-state index in [1.54, 1.807) is 31.5 Å². The van der Waals surface area contributed by atoms with Gasteiger partial charge in [0.25, 0.3) is 6.43 Å². The molecule has 33 heavy (non-hydrogen) atoms. The predicted octanol–water partition coefficient (Wildman–Crippen LogP) is 6.13. The number of ether oxygens (including phenoxy) is 3. The van der Waals surface area contributed by atoms with E-state index in [4.69, 9.17) is 25.8 Å². The largest absolute Gasteiger partial charge is 0.485 e. The highest BCUT2D eigenvalue weighted by Crippen LogP contribution is 2.45. The van der Waals surface area contributed by atoms with Crippen LogP contribution in [0.5, 0.6) is 11.5 Å². The van der Waals surface area contributed by atoms with Gasteiger partial charge in [-0.3, -0.25) is 0 Å². The number of para-hydroxylation sites is 1. The number of rotatable bonds is 12. The summed E-state index contributed by atoms with van der Waals surface area (Å²) < 4.78 is 43.4. The van der Waals surface area contributed by atoms with Crippen LogP contribution in [-0.4, -0.2) is 43.7 Å². The van der Waals surface area contributed by atoms with Crippen LogP contribution in [0, 0.1) is 0 Å². The molecule has 3 rings (SSSR count). The number of nitrogens with zero attached hydrogens (tertiary/aromatic N) is 1. The molecule has 0 saturated carbocycles. The maximum absolute atomic E-state index is 13.0. The van der Waals surface area contributed by atoms with Gasteiger partial charge >= 0.3 is 0 Å². The minimum Gasteiger partial charge on any atom is -0.485 e. The molecule has 2 heterocycles. The van der Waals surface area contributed by atoms with Gasteiger partial charge in [-0.1, -0.05) is 43.9 Å². The van der Waals surface area contributed by atoms with Crippen LogP contribution in [0.1, 0.15) is 36.5 Å². The first-order valence-electron chi connectivity index (χ1n) is 10.8. The molecule has 0 saturated heterocycles. The average molecular weight is 479 g/mol. The van der Waals surface area contributed by atoms with Crippen molar-refractivity contribution in [3.63, 3.8) is 0 Å². The molecule has 1 aliphatic rings. The molecule has 0 bridgehead atoms. The van der Waals surface area contributed by atoms with Gasteiger partial charge in [-0.05, 0) is 24.1 Å². The van der Waals surface area contributed by atoms with Gasteiger partial charge in [-0.25, -0.2) is 13.8 Å². The third-order valence-electron chi connectivity index (χ3n) is 5.36. The van der Waals surface area contributed by atoms with Gasteiger partial charge in [-0.2, -0.15) is 0 Å². The molecule has 2 aromatic rings. The molecule has 3 atom stereocenters. The van der Waals surface area contributed by atoms with Crippen molar-refractivity contribution in [3.05, 3.63) is 72.0 Å². The van der Waals surface area contributed by atoms with Crippen molar-refractivity contribution in [2.24, 2.45) is 0 Å². The summed E-state index contributed by atoms with van der Waals surface area (Å²) in [7, 11) is 1.59. The quantitative estimate of drug-likeness (QED) is 0.294. The Kier molecular flexibility index (Phi) is 9.09. The van der Waals surface area contributed by atoms with Crippen molar-refractivity contribution in [1.29, 1.82) is 0 Å². The Bertz CT molecular complexity index is 970. The van der Waals surface area contributed by atoms with E-state index < -0.39 is 19.1 Å². The van der Waals surface area contributed by atoms with Gasteiger partial charge in [0.2, 0.25) is 0 Å². The van der Waals surface area contributed by atoms with E-state index in [1.165, 1.54) is 0 Å². The number of pyridine rings is 1. The Morgan fingerprint density at radius 2 is 2.12 bits per heavy atom. The Balaban J connectivity index is 1.88. The molecule has 0 radical (unpaired) electrons. The van der Waals surface area contributed by atoms with Gasteiger partial charge in [0.05, 0.1) is 11.5 Å². The summed E-state index contributed by atoms with van der Waals surface area (Å²) in [5.41, 5.74) is 2.33. The number of anilines is 1. The second-order valence-electron chi connectivity index (χ2n) is 7.69. The molecular weight excluding hydrogens is 450 g/mol. The molecule has 8 heteroatoms. The topological polar surface area (TPSA) is 52.6 Å². The molecular formula is C25H29ClF2N2O3. The first-order valence-corrected chi connectivity index (χ1v) is 11.3. The number of aromatic nitrogens is 1. The van der Waals surface area contributed by atoms with Gasteiger partial charge < -0.3 is 19.5 Å². The average Bonchev–Trinajstić information content (AvgIpc) is 3.24. The first-order chi connectivity index (χ1) is 15.9. The molecule has 1 N–H and O–H groups in total. The summed E-state index contributed by atoms with van der Waals surface area (Å²) >= 11 is 6.11. The van der Waals surface area contributed by atoms with Crippen molar-refractivity contribution in [1.82, 2.24) is 4.98 Å². The lowest BCUT2D eigenvalue weighted by Gasteiger charge is -2.26. The van der Waals surface area contributed by atoms with Gasteiger partial charge in [0.1, 0.15) is 19.0 Å². The fraction of sp³-hybridized carbons (Fsp3) is 0.400. The maximum Gasteiger partial charge on any atom is 0.272 e. The third-order valence-corrected chi connectivity index (χ3v) is 5.81. The van der Waals surface area contributed by atoms with Crippen LogP contribution in [0.4, 0.5) is 14.6 Å². The predicted molar refractivity (Wildman–Crippen MR) is 127 cm³/mol. The molecule has 3 unspecified atom stereocenters. The van der Waals surface area contributed by atoms with Crippen LogP contribution in [0.2, 0.25) is 0 Å². The van der Waals surface area contributed by atoms with Gasteiger partial charge in [0, 0.05) is 36.9 Å². The lowest BCUT2D eigenvalue weighted by Crippen LogP contribution is -2.18. The zero-order chi connectivity index (χ0) is 23.8. The number of benzene rings is 1. The molecule has 0 amide bonds. The Morgan fingerprint density at radius 3 is 2.85 bits per heavy atom. The fourth-order valence-electron chi connectivity index (χ4n) is 3.73. The molecule has 1 aromatic heterocycles. The number of nitrogens with one attached hydrogen (secondary N) is 1. The monoisotopic (exact) mass is 478 g/mol. The standard InChI is InChI=1S/C25H29ClF2N2O3/c1-4-17(26)11-10-16(2)14-32-21-9-5-7-19(24(21)33-15-22(27)28)23(31-3)20-13-30-25-18(20)8-6-12-29-25/h5-12,17,20,22-23H,2,4,13-15H2,1,3H3,(H,29,30)/b11-10-. The number of fused-ring (bicyclic) bond motifs is 1. The van der Waals surface area contributed by atoms with Crippen molar-refractivity contribution < 1.29 is 23.0 Å². The van der Waals surface area contributed by atoms with Crippen LogP contribution in [0.25, 0.3) is 0 Å². The number of hydrogen-bond acceptors (Lipinski definition) is 5. The number of halogens is 3. The van der Waals surface area contributed by atoms with Gasteiger partial charge in [0.15, 0.2) is 11.5 Å². The number of allylic oxidation sites excluding steroid dienone is 1. The second kappa shape index (κ2) is 12.0. The van der Waals surface area contributed by atoms with Crippen LogP contribution in [-0.2, 0) is 4.74 Å². The van der Waals surface area contributed by atoms with E-state index in [1.807, 2.05) is 31.2 Å². The molecule has 178 valence electrons. The molecule has 5 nitrogen and oxygen atoms in total. The van der Waals surface area contributed by atoms with Crippen molar-refractivity contribution >= 4 is 17.4 Å². The lowest BCUT2D eigenvalue weighted by molar-refractivity contribution is 0.0653. The smallest absolute Gasteiger partial charge is 0.272 e.